The number of H-pyrrole nitrogens is 1. The van der Waals surface area contributed by atoms with Gasteiger partial charge in [0.2, 0.25) is 15.7 Å². The second kappa shape index (κ2) is 7.36. The average Bonchev–Trinajstić information content (AvgIpc) is 3.47. The molecule has 0 unspecified atom stereocenters. The number of nitrogens with one attached hydrogen (secondary N) is 1. The molecule has 0 saturated carbocycles. The van der Waals surface area contributed by atoms with Gasteiger partial charge in [0.05, 0.1) is 17.5 Å². The summed E-state index contributed by atoms with van der Waals surface area (Å²) >= 11 is 4.64. The maximum atomic E-state index is 12.5. The van der Waals surface area contributed by atoms with E-state index < -0.39 is 11.3 Å². The van der Waals surface area contributed by atoms with E-state index in [0.29, 0.717) is 26.8 Å². The minimum Gasteiger partial charge on any atom is -0.422 e. The first-order chi connectivity index (χ1) is 16.0. The topological polar surface area (TPSA) is 110 Å². The lowest BCUT2D eigenvalue weighted by Crippen LogP contribution is -2.36. The molecule has 0 atom stereocenters. The maximum absolute atomic E-state index is 12.5. The van der Waals surface area contributed by atoms with Gasteiger partial charge < -0.3 is 4.42 Å². The van der Waals surface area contributed by atoms with E-state index in [4.69, 9.17) is 8.94 Å². The molecule has 0 spiro atoms. The van der Waals surface area contributed by atoms with Gasteiger partial charge in [-0.15, -0.1) is 5.10 Å². The molecule has 0 aliphatic heterocycles. The minimum atomic E-state index is -0.548. The van der Waals surface area contributed by atoms with Crippen LogP contribution in [0.4, 0.5) is 0 Å². The Hall–Kier alpha value is -3.83. The molecule has 0 amide bonds. The lowest BCUT2D eigenvalue weighted by molar-refractivity contribution is -0.660. The summed E-state index contributed by atoms with van der Waals surface area (Å²) in [5.41, 5.74) is 2.30. The number of aryl methyl sites for hydroxylation is 1. The Labute approximate surface area is 196 Å². The van der Waals surface area contributed by atoms with E-state index in [2.05, 4.69) is 31.3 Å². The first kappa shape index (κ1) is 19.8. The van der Waals surface area contributed by atoms with Crippen molar-refractivity contribution in [3.8, 4) is 27.6 Å². The zero-order valence-electron chi connectivity index (χ0n) is 16.9. The van der Waals surface area contributed by atoms with Crippen molar-refractivity contribution in [2.75, 3.05) is 0 Å². The SMILES string of the molecule is Cc1ccc(-[n+]2[nH]oc(=O)c2-c2nn3cc(-c4cc5cc(Br)ccc5oc4=O)nc3s2)cc1. The van der Waals surface area contributed by atoms with Gasteiger partial charge >= 0.3 is 16.9 Å². The molecule has 0 bridgehead atoms. The molecule has 4 heterocycles. The Bertz CT molecular complexity index is 1760. The fourth-order valence-electron chi connectivity index (χ4n) is 3.53. The van der Waals surface area contributed by atoms with Gasteiger partial charge in [0, 0.05) is 22.0 Å². The summed E-state index contributed by atoms with van der Waals surface area (Å²) < 4.78 is 14.4. The molecule has 0 radical (unpaired) electrons. The van der Waals surface area contributed by atoms with Crippen LogP contribution in [-0.2, 0) is 0 Å². The maximum Gasteiger partial charge on any atom is 0.438 e. The Kier molecular flexibility index (Phi) is 4.42. The van der Waals surface area contributed by atoms with Gasteiger partial charge in [-0.2, -0.15) is 0 Å². The Morgan fingerprint density at radius 3 is 2.70 bits per heavy atom. The van der Waals surface area contributed by atoms with Crippen molar-refractivity contribution in [2.45, 2.75) is 6.92 Å². The van der Waals surface area contributed by atoms with Crippen LogP contribution in [0, 0.1) is 6.92 Å². The van der Waals surface area contributed by atoms with E-state index in [0.717, 1.165) is 21.1 Å². The molecule has 4 aromatic heterocycles. The molecule has 33 heavy (non-hydrogen) atoms. The third-order valence-corrected chi connectivity index (χ3v) is 6.58. The smallest absolute Gasteiger partial charge is 0.422 e. The molecule has 0 saturated heterocycles. The highest BCUT2D eigenvalue weighted by atomic mass is 79.9. The van der Waals surface area contributed by atoms with Crippen LogP contribution in [-0.4, -0.2) is 19.9 Å². The molecule has 6 rings (SSSR count). The van der Waals surface area contributed by atoms with Crippen molar-refractivity contribution >= 4 is 43.2 Å². The number of rotatable bonds is 3. The van der Waals surface area contributed by atoms with Crippen molar-refractivity contribution in [1.82, 2.24) is 19.9 Å². The number of hydrogen-bond donors (Lipinski definition) is 1. The molecule has 6 aromatic rings. The number of fused-ring (bicyclic) bond motifs is 2. The molecule has 162 valence electrons. The Balaban J connectivity index is 1.45. The van der Waals surface area contributed by atoms with Crippen LogP contribution < -0.4 is 15.9 Å². The van der Waals surface area contributed by atoms with Gasteiger partial charge in [0.25, 0.3) is 0 Å². The minimum absolute atomic E-state index is 0.256. The normalized spacial score (nSPS) is 11.6. The van der Waals surface area contributed by atoms with Crippen LogP contribution in [0.1, 0.15) is 5.56 Å². The number of hydrogen-bond acceptors (Lipinski definition) is 7. The van der Waals surface area contributed by atoms with Crippen molar-refractivity contribution in [2.24, 2.45) is 0 Å². The molecule has 2 aromatic carbocycles. The number of imidazole rings is 1. The Morgan fingerprint density at radius 1 is 1.09 bits per heavy atom. The summed E-state index contributed by atoms with van der Waals surface area (Å²) in [5, 5.41) is 8.32. The van der Waals surface area contributed by atoms with Crippen LogP contribution in [0.25, 0.3) is 43.6 Å². The second-order valence-corrected chi connectivity index (χ2v) is 9.26. The molecular formula is C22H13BrN5O4S+. The van der Waals surface area contributed by atoms with E-state index in [9.17, 15) is 9.59 Å². The summed E-state index contributed by atoms with van der Waals surface area (Å²) in [6.07, 6.45) is 1.63. The predicted octanol–water partition coefficient (Wildman–Crippen LogP) is 3.86. The molecule has 11 heteroatoms. The average molecular weight is 523 g/mol. The number of aromatic amines is 1. The van der Waals surface area contributed by atoms with E-state index in [-0.39, 0.29) is 5.69 Å². The highest BCUT2D eigenvalue weighted by Gasteiger charge is 2.29. The van der Waals surface area contributed by atoms with E-state index in [1.807, 2.05) is 43.3 Å². The van der Waals surface area contributed by atoms with Crippen molar-refractivity contribution in [3.05, 3.63) is 85.6 Å². The van der Waals surface area contributed by atoms with Crippen molar-refractivity contribution in [1.29, 1.82) is 0 Å². The second-order valence-electron chi connectivity index (χ2n) is 7.39. The summed E-state index contributed by atoms with van der Waals surface area (Å²) in [6, 6.07) is 14.8. The zero-order valence-corrected chi connectivity index (χ0v) is 19.3. The zero-order chi connectivity index (χ0) is 22.7. The van der Waals surface area contributed by atoms with Gasteiger partial charge in [-0.3, -0.25) is 4.52 Å². The third kappa shape index (κ3) is 3.33. The first-order valence-corrected chi connectivity index (χ1v) is 11.4. The summed E-state index contributed by atoms with van der Waals surface area (Å²) in [5.74, 6) is 0. The summed E-state index contributed by atoms with van der Waals surface area (Å²) in [7, 11) is 0. The molecule has 0 aliphatic carbocycles. The summed E-state index contributed by atoms with van der Waals surface area (Å²) in [4.78, 5) is 30.0. The highest BCUT2D eigenvalue weighted by molar-refractivity contribution is 9.10. The standard InChI is InChI=1S/C22H12BrN5O4S/c1-11-2-5-14(6-3-11)28-18(21(30)32-26-28)19-25-27-10-16(24-22(27)33-19)15-9-12-8-13(23)4-7-17(12)31-20(15)29/h2-10H,1H3/p+1. The van der Waals surface area contributed by atoms with Crippen LogP contribution in [0.5, 0.6) is 0 Å². The number of benzene rings is 2. The van der Waals surface area contributed by atoms with Crippen LogP contribution in [0.15, 0.2) is 77.7 Å². The largest absolute Gasteiger partial charge is 0.438 e. The monoisotopic (exact) mass is 522 g/mol. The van der Waals surface area contributed by atoms with Crippen molar-refractivity contribution < 1.29 is 13.6 Å². The molecular weight excluding hydrogens is 510 g/mol. The molecule has 9 nitrogen and oxygen atoms in total. The van der Waals surface area contributed by atoms with Crippen LogP contribution in [0.3, 0.4) is 0 Å². The number of halogens is 1. The number of aromatic nitrogens is 5. The van der Waals surface area contributed by atoms with Crippen molar-refractivity contribution in [3.63, 3.8) is 0 Å². The fraction of sp³-hybridized carbons (Fsp3) is 0.0455. The fourth-order valence-corrected chi connectivity index (χ4v) is 4.81. The third-order valence-electron chi connectivity index (χ3n) is 5.15. The Morgan fingerprint density at radius 2 is 1.91 bits per heavy atom. The lowest BCUT2D eigenvalue weighted by atomic mass is 10.1. The highest BCUT2D eigenvalue weighted by Crippen LogP contribution is 2.27. The van der Waals surface area contributed by atoms with Gasteiger partial charge in [-0.25, -0.2) is 19.1 Å². The van der Waals surface area contributed by atoms with E-state index in [1.165, 1.54) is 20.5 Å². The van der Waals surface area contributed by atoms with Crippen LogP contribution >= 0.6 is 27.3 Å². The molecule has 0 aliphatic rings. The van der Waals surface area contributed by atoms with Gasteiger partial charge in [0.1, 0.15) is 5.58 Å². The van der Waals surface area contributed by atoms with E-state index >= 15 is 0 Å². The molecule has 1 N–H and O–H groups in total. The van der Waals surface area contributed by atoms with Gasteiger partial charge in [-0.1, -0.05) is 45.0 Å². The van der Waals surface area contributed by atoms with Gasteiger partial charge in [0.15, 0.2) is 0 Å². The van der Waals surface area contributed by atoms with E-state index in [1.54, 1.807) is 18.3 Å². The number of nitrogens with zero attached hydrogens (tertiary/aromatic N) is 4. The predicted molar refractivity (Wildman–Crippen MR) is 125 cm³/mol. The van der Waals surface area contributed by atoms with Gasteiger partial charge in [-0.05, 0) is 41.1 Å². The molecule has 0 fully saturated rings. The van der Waals surface area contributed by atoms with Crippen LogP contribution in [0.2, 0.25) is 0 Å². The lowest BCUT2D eigenvalue weighted by Gasteiger charge is -2.00. The quantitative estimate of drug-likeness (QED) is 0.279. The first-order valence-electron chi connectivity index (χ1n) is 9.77. The summed E-state index contributed by atoms with van der Waals surface area (Å²) in [6.45, 7) is 1.98.